The summed E-state index contributed by atoms with van der Waals surface area (Å²) in [6, 6.07) is 11.7. The number of phenols is 1. The molecule has 0 bridgehead atoms. The lowest BCUT2D eigenvalue weighted by Gasteiger charge is -2.15. The number of fused-ring (bicyclic) bond motifs is 1. The van der Waals surface area contributed by atoms with E-state index in [1.807, 2.05) is 24.5 Å². The summed E-state index contributed by atoms with van der Waals surface area (Å²) in [4.78, 5) is 22.8. The fraction of sp³-hybridized carbons (Fsp3) is 0.238. The van der Waals surface area contributed by atoms with E-state index in [1.165, 1.54) is 6.07 Å². The number of rotatable bonds is 6. The summed E-state index contributed by atoms with van der Waals surface area (Å²) in [5.41, 5.74) is 3.27. The molecule has 1 heterocycles. The Bertz CT molecular complexity index is 1030. The van der Waals surface area contributed by atoms with E-state index in [-0.39, 0.29) is 23.7 Å². The maximum absolute atomic E-state index is 11.5. The molecule has 0 saturated carbocycles. The van der Waals surface area contributed by atoms with Gasteiger partial charge in [0.1, 0.15) is 5.75 Å². The number of nitrogens with zero attached hydrogens (tertiary/aromatic N) is 1. The van der Waals surface area contributed by atoms with E-state index in [0.29, 0.717) is 17.5 Å². The van der Waals surface area contributed by atoms with Gasteiger partial charge in [-0.2, -0.15) is 0 Å². The first-order valence-corrected chi connectivity index (χ1v) is 8.66. The largest absolute Gasteiger partial charge is 0.508 e. The molecule has 0 unspecified atom stereocenters. The molecule has 3 N–H and O–H groups in total. The molecule has 0 aliphatic heterocycles. The standard InChI is InChI=1S/C21H21NO5/c1-12(2)20-17(10-19(24)25)16-9-14(21(26)27)6-7-18(16)22(20)11-13-4-3-5-15(23)8-13/h3-9,12,23H,10-11H2,1-2H3,(H,24,25)(H,26,27). The van der Waals surface area contributed by atoms with Crippen LogP contribution in [0.1, 0.15) is 46.9 Å². The molecule has 0 saturated heterocycles. The van der Waals surface area contributed by atoms with E-state index < -0.39 is 11.9 Å². The zero-order valence-corrected chi connectivity index (χ0v) is 15.1. The molecule has 6 heteroatoms. The summed E-state index contributed by atoms with van der Waals surface area (Å²) in [6.45, 7) is 4.41. The number of phenolic OH excluding ortho intramolecular Hbond substituents is 1. The van der Waals surface area contributed by atoms with Gasteiger partial charge in [0, 0.05) is 23.1 Å². The number of carbonyl (C=O) groups is 2. The zero-order valence-electron chi connectivity index (χ0n) is 15.1. The lowest BCUT2D eigenvalue weighted by atomic mass is 10.00. The highest BCUT2D eigenvalue weighted by Gasteiger charge is 2.22. The minimum Gasteiger partial charge on any atom is -0.508 e. The third-order valence-electron chi connectivity index (χ3n) is 4.59. The number of carboxylic acid groups (broad SMARTS) is 2. The van der Waals surface area contributed by atoms with Crippen molar-refractivity contribution in [2.45, 2.75) is 32.7 Å². The second kappa shape index (κ2) is 7.15. The van der Waals surface area contributed by atoms with Crippen LogP contribution < -0.4 is 0 Å². The highest BCUT2D eigenvalue weighted by molar-refractivity contribution is 5.96. The fourth-order valence-corrected chi connectivity index (χ4v) is 3.58. The number of aromatic carboxylic acids is 1. The second-order valence-corrected chi connectivity index (χ2v) is 6.88. The van der Waals surface area contributed by atoms with Gasteiger partial charge in [-0.1, -0.05) is 26.0 Å². The summed E-state index contributed by atoms with van der Waals surface area (Å²) in [5.74, 6) is -1.81. The average molecular weight is 367 g/mol. The lowest BCUT2D eigenvalue weighted by Crippen LogP contribution is -2.09. The molecular formula is C21H21NO5. The Morgan fingerprint density at radius 1 is 1.07 bits per heavy atom. The Morgan fingerprint density at radius 3 is 2.41 bits per heavy atom. The fourth-order valence-electron chi connectivity index (χ4n) is 3.58. The number of aromatic nitrogens is 1. The van der Waals surface area contributed by atoms with Crippen molar-refractivity contribution >= 4 is 22.8 Å². The Labute approximate surface area is 156 Å². The Balaban J connectivity index is 2.28. The van der Waals surface area contributed by atoms with E-state index in [4.69, 9.17) is 0 Å². The monoisotopic (exact) mass is 367 g/mol. The number of aliphatic carboxylic acids is 1. The van der Waals surface area contributed by atoms with Crippen LogP contribution in [0.25, 0.3) is 10.9 Å². The van der Waals surface area contributed by atoms with Gasteiger partial charge in [-0.15, -0.1) is 0 Å². The number of benzene rings is 2. The highest BCUT2D eigenvalue weighted by atomic mass is 16.4. The molecular weight excluding hydrogens is 346 g/mol. The van der Waals surface area contributed by atoms with Crippen LogP contribution in [0.2, 0.25) is 0 Å². The first-order chi connectivity index (χ1) is 12.8. The molecule has 6 nitrogen and oxygen atoms in total. The molecule has 27 heavy (non-hydrogen) atoms. The average Bonchev–Trinajstić information content (AvgIpc) is 2.87. The maximum atomic E-state index is 11.5. The molecule has 0 aliphatic rings. The van der Waals surface area contributed by atoms with E-state index in [1.54, 1.807) is 30.3 Å². The van der Waals surface area contributed by atoms with Crippen LogP contribution in [0, 0.1) is 0 Å². The van der Waals surface area contributed by atoms with Crippen LogP contribution in [0.4, 0.5) is 0 Å². The molecule has 0 spiro atoms. The summed E-state index contributed by atoms with van der Waals surface area (Å²) in [7, 11) is 0. The van der Waals surface area contributed by atoms with Gasteiger partial charge in [0.2, 0.25) is 0 Å². The predicted octanol–water partition coefficient (Wildman–Crippen LogP) is 3.84. The first kappa shape index (κ1) is 18.5. The third-order valence-corrected chi connectivity index (χ3v) is 4.59. The van der Waals surface area contributed by atoms with Gasteiger partial charge in [0.15, 0.2) is 0 Å². The van der Waals surface area contributed by atoms with Gasteiger partial charge in [-0.25, -0.2) is 4.79 Å². The van der Waals surface area contributed by atoms with E-state index in [0.717, 1.165) is 16.8 Å². The maximum Gasteiger partial charge on any atom is 0.335 e. The van der Waals surface area contributed by atoms with Crippen molar-refractivity contribution in [2.75, 3.05) is 0 Å². The summed E-state index contributed by atoms with van der Waals surface area (Å²) in [5, 5.41) is 29.1. The smallest absolute Gasteiger partial charge is 0.335 e. The van der Waals surface area contributed by atoms with Gasteiger partial charge >= 0.3 is 11.9 Å². The summed E-state index contributed by atoms with van der Waals surface area (Å²) in [6.07, 6.45) is -0.180. The molecule has 3 rings (SSSR count). The number of hydrogen-bond acceptors (Lipinski definition) is 3. The van der Waals surface area contributed by atoms with Gasteiger partial charge in [0.25, 0.3) is 0 Å². The number of hydrogen-bond donors (Lipinski definition) is 3. The van der Waals surface area contributed by atoms with Crippen molar-refractivity contribution in [3.63, 3.8) is 0 Å². The van der Waals surface area contributed by atoms with Crippen molar-refractivity contribution in [3.05, 3.63) is 64.8 Å². The molecule has 1 aromatic heterocycles. The van der Waals surface area contributed by atoms with Crippen LogP contribution in [-0.4, -0.2) is 31.8 Å². The lowest BCUT2D eigenvalue weighted by molar-refractivity contribution is -0.136. The highest BCUT2D eigenvalue weighted by Crippen LogP contribution is 2.33. The summed E-state index contributed by atoms with van der Waals surface area (Å²) < 4.78 is 2.01. The van der Waals surface area contributed by atoms with Crippen molar-refractivity contribution < 1.29 is 24.9 Å². The molecule has 140 valence electrons. The van der Waals surface area contributed by atoms with Gasteiger partial charge in [-0.3, -0.25) is 4.79 Å². The summed E-state index contributed by atoms with van der Waals surface area (Å²) >= 11 is 0. The molecule has 3 aromatic rings. The predicted molar refractivity (Wildman–Crippen MR) is 102 cm³/mol. The van der Waals surface area contributed by atoms with Crippen molar-refractivity contribution in [3.8, 4) is 5.75 Å². The minimum atomic E-state index is -1.05. The number of carboxylic acids is 2. The van der Waals surface area contributed by atoms with Gasteiger partial charge in [0.05, 0.1) is 12.0 Å². The van der Waals surface area contributed by atoms with Crippen LogP contribution in [0.5, 0.6) is 5.75 Å². The van der Waals surface area contributed by atoms with Crippen LogP contribution in [-0.2, 0) is 17.8 Å². The van der Waals surface area contributed by atoms with Crippen LogP contribution in [0.3, 0.4) is 0 Å². The molecule has 0 fully saturated rings. The van der Waals surface area contributed by atoms with E-state index >= 15 is 0 Å². The first-order valence-electron chi connectivity index (χ1n) is 8.66. The molecule has 0 radical (unpaired) electrons. The molecule has 2 aromatic carbocycles. The van der Waals surface area contributed by atoms with Crippen molar-refractivity contribution in [1.29, 1.82) is 0 Å². The Kier molecular flexibility index (Phi) is 4.90. The minimum absolute atomic E-state index is 0.0392. The Morgan fingerprint density at radius 2 is 1.81 bits per heavy atom. The van der Waals surface area contributed by atoms with Crippen LogP contribution in [0.15, 0.2) is 42.5 Å². The van der Waals surface area contributed by atoms with Crippen molar-refractivity contribution in [2.24, 2.45) is 0 Å². The SMILES string of the molecule is CC(C)c1c(CC(=O)O)c2cc(C(=O)O)ccc2n1Cc1cccc(O)c1. The normalized spacial score (nSPS) is 11.2. The topological polar surface area (TPSA) is 99.8 Å². The van der Waals surface area contributed by atoms with E-state index in [2.05, 4.69) is 0 Å². The second-order valence-electron chi connectivity index (χ2n) is 6.88. The van der Waals surface area contributed by atoms with E-state index in [9.17, 15) is 24.9 Å². The Hall–Kier alpha value is -3.28. The molecule has 0 amide bonds. The van der Waals surface area contributed by atoms with Crippen LogP contribution >= 0.6 is 0 Å². The molecule has 0 aliphatic carbocycles. The van der Waals surface area contributed by atoms with Gasteiger partial charge in [-0.05, 0) is 47.4 Å². The zero-order chi connectivity index (χ0) is 19.7. The third kappa shape index (κ3) is 3.65. The quantitative estimate of drug-likeness (QED) is 0.615. The van der Waals surface area contributed by atoms with Gasteiger partial charge < -0.3 is 19.9 Å². The molecule has 0 atom stereocenters. The van der Waals surface area contributed by atoms with Crippen molar-refractivity contribution in [1.82, 2.24) is 4.57 Å². The number of aromatic hydroxyl groups is 1.